The summed E-state index contributed by atoms with van der Waals surface area (Å²) in [7, 11) is -1.86. The Morgan fingerprint density at radius 3 is 2.14 bits per heavy atom. The van der Waals surface area contributed by atoms with Gasteiger partial charge in [-0.3, -0.25) is 4.90 Å². The van der Waals surface area contributed by atoms with Gasteiger partial charge < -0.3 is 29.4 Å². The Labute approximate surface area is 205 Å². The van der Waals surface area contributed by atoms with E-state index in [1.165, 1.54) is 0 Å². The van der Waals surface area contributed by atoms with Gasteiger partial charge in [-0.15, -0.1) is 0 Å². The minimum absolute atomic E-state index is 0.00997. The fourth-order valence-corrected chi connectivity index (χ4v) is 5.35. The number of piperazine rings is 1. The van der Waals surface area contributed by atoms with Crippen molar-refractivity contribution in [3.63, 3.8) is 0 Å². The Hall–Kier alpha value is -3.05. The summed E-state index contributed by atoms with van der Waals surface area (Å²) in [5, 5.41) is 29.1. The smallest absolute Gasteiger partial charge is 0.408 e. The van der Waals surface area contributed by atoms with Crippen molar-refractivity contribution in [1.82, 2.24) is 9.80 Å². The molecule has 11 heteroatoms. The number of rotatable bonds is 7. The van der Waals surface area contributed by atoms with Crippen LogP contribution in [0.15, 0.2) is 29.8 Å². The predicted octanol–water partition coefficient (Wildman–Crippen LogP) is 4.04. The van der Waals surface area contributed by atoms with Crippen molar-refractivity contribution in [2.24, 2.45) is 0 Å². The minimum Gasteiger partial charge on any atom is -0.491 e. The van der Waals surface area contributed by atoms with Gasteiger partial charge in [0.25, 0.3) is 0 Å². The van der Waals surface area contributed by atoms with Crippen molar-refractivity contribution in [2.45, 2.75) is 57.4 Å². The van der Waals surface area contributed by atoms with Crippen molar-refractivity contribution < 1.29 is 38.9 Å². The standard InChI is InChI=1S/C24H34N2O8Si/c1-24(2,3)35(4,5)34-11-10-33-17-8-6-15(7-9-17)18-12-16-13-25(22(29)30)14-19(20(18)21(27)28)26(16)23(31)32/h6-9,16,19H,10-14H2,1-5H3,(H,27,28)(H,29,30)(H,31,32)/t16-,19-/m1/s1. The van der Waals surface area contributed by atoms with E-state index in [9.17, 15) is 29.7 Å². The molecule has 2 bridgehead atoms. The molecule has 0 aromatic heterocycles. The zero-order valence-electron chi connectivity index (χ0n) is 20.8. The Kier molecular flexibility index (Phi) is 7.51. The highest BCUT2D eigenvalue weighted by Gasteiger charge is 2.47. The molecule has 10 nitrogen and oxygen atoms in total. The van der Waals surface area contributed by atoms with Crippen LogP contribution in [-0.2, 0) is 9.22 Å². The lowest BCUT2D eigenvalue weighted by Gasteiger charge is -2.48. The molecule has 3 rings (SSSR count). The molecule has 192 valence electrons. The Morgan fingerprint density at radius 1 is 1.00 bits per heavy atom. The maximum atomic E-state index is 12.2. The van der Waals surface area contributed by atoms with Crippen LogP contribution >= 0.6 is 0 Å². The van der Waals surface area contributed by atoms with Gasteiger partial charge in [0.15, 0.2) is 8.32 Å². The first kappa shape index (κ1) is 26.5. The Bertz CT molecular complexity index is 1020. The lowest BCUT2D eigenvalue weighted by atomic mass is 9.82. The van der Waals surface area contributed by atoms with E-state index in [1.807, 2.05) is 0 Å². The van der Waals surface area contributed by atoms with E-state index in [2.05, 4.69) is 33.9 Å². The molecule has 1 saturated heterocycles. The van der Waals surface area contributed by atoms with Crippen LogP contribution in [0.3, 0.4) is 0 Å². The van der Waals surface area contributed by atoms with Crippen LogP contribution in [0, 0.1) is 0 Å². The lowest BCUT2D eigenvalue weighted by molar-refractivity contribution is -0.133. The summed E-state index contributed by atoms with van der Waals surface area (Å²) in [6.07, 6.45) is -2.35. The summed E-state index contributed by atoms with van der Waals surface area (Å²) in [6, 6.07) is 5.26. The van der Waals surface area contributed by atoms with Crippen molar-refractivity contribution in [3.8, 4) is 5.75 Å². The second-order valence-corrected chi connectivity index (χ2v) is 15.2. The number of carboxylic acid groups (broad SMARTS) is 3. The largest absolute Gasteiger partial charge is 0.491 e. The third-order valence-electron chi connectivity index (χ3n) is 7.20. The molecule has 1 fully saturated rings. The molecule has 0 spiro atoms. The van der Waals surface area contributed by atoms with E-state index in [0.717, 1.165) is 9.80 Å². The monoisotopic (exact) mass is 506 g/mol. The molecular weight excluding hydrogens is 472 g/mol. The van der Waals surface area contributed by atoms with Crippen LogP contribution in [0.25, 0.3) is 5.57 Å². The zero-order chi connectivity index (χ0) is 26.1. The summed E-state index contributed by atoms with van der Waals surface area (Å²) < 4.78 is 11.9. The predicted molar refractivity (Wildman–Crippen MR) is 131 cm³/mol. The summed E-state index contributed by atoms with van der Waals surface area (Å²) in [5.41, 5.74) is 1.07. The van der Waals surface area contributed by atoms with Gasteiger partial charge in [0, 0.05) is 13.1 Å². The van der Waals surface area contributed by atoms with Gasteiger partial charge >= 0.3 is 18.2 Å². The summed E-state index contributed by atoms with van der Waals surface area (Å²) in [4.78, 5) is 37.7. The maximum absolute atomic E-state index is 12.2. The number of aliphatic carboxylic acids is 1. The van der Waals surface area contributed by atoms with E-state index in [0.29, 0.717) is 30.1 Å². The molecular formula is C24H34N2O8Si. The van der Waals surface area contributed by atoms with E-state index in [1.54, 1.807) is 24.3 Å². The molecule has 2 amide bonds. The second-order valence-electron chi connectivity index (χ2n) is 10.4. The highest BCUT2D eigenvalue weighted by Crippen LogP contribution is 2.39. The van der Waals surface area contributed by atoms with E-state index in [-0.39, 0.29) is 30.1 Å². The quantitative estimate of drug-likeness (QED) is 0.372. The molecule has 0 radical (unpaired) electrons. The zero-order valence-corrected chi connectivity index (χ0v) is 21.8. The van der Waals surface area contributed by atoms with Gasteiger partial charge in [0.1, 0.15) is 12.4 Å². The number of amides is 2. The minimum atomic E-state index is -1.86. The third-order valence-corrected chi connectivity index (χ3v) is 11.7. The maximum Gasteiger partial charge on any atom is 0.408 e. The average molecular weight is 507 g/mol. The van der Waals surface area contributed by atoms with E-state index < -0.39 is 38.6 Å². The van der Waals surface area contributed by atoms with Crippen molar-refractivity contribution in [1.29, 1.82) is 0 Å². The van der Waals surface area contributed by atoms with Crippen LogP contribution in [0.2, 0.25) is 18.1 Å². The normalized spacial score (nSPS) is 20.6. The molecule has 2 aliphatic heterocycles. The lowest BCUT2D eigenvalue weighted by Crippen LogP contribution is -2.64. The fourth-order valence-electron chi connectivity index (χ4n) is 4.32. The number of fused-ring (bicyclic) bond motifs is 2. The third kappa shape index (κ3) is 5.62. The topological polar surface area (TPSA) is 137 Å². The van der Waals surface area contributed by atoms with Gasteiger partial charge in [-0.25, -0.2) is 14.4 Å². The van der Waals surface area contributed by atoms with Crippen molar-refractivity contribution in [3.05, 3.63) is 35.4 Å². The molecule has 2 aliphatic rings. The molecule has 0 aliphatic carbocycles. The molecule has 35 heavy (non-hydrogen) atoms. The van der Waals surface area contributed by atoms with Gasteiger partial charge in [-0.05, 0) is 47.8 Å². The number of nitrogens with zero attached hydrogens (tertiary/aromatic N) is 2. The highest BCUT2D eigenvalue weighted by molar-refractivity contribution is 6.74. The second kappa shape index (κ2) is 9.90. The van der Waals surface area contributed by atoms with Gasteiger partial charge in [0.2, 0.25) is 0 Å². The molecule has 0 saturated carbocycles. The summed E-state index contributed by atoms with van der Waals surface area (Å²) >= 11 is 0. The fraction of sp³-hybridized carbons (Fsp3) is 0.542. The van der Waals surface area contributed by atoms with E-state index >= 15 is 0 Å². The van der Waals surface area contributed by atoms with Crippen LogP contribution in [-0.4, -0.2) is 90.0 Å². The summed E-state index contributed by atoms with van der Waals surface area (Å²) in [6.45, 7) is 11.5. The number of ether oxygens (including phenoxy) is 1. The van der Waals surface area contributed by atoms with Crippen LogP contribution in [0.1, 0.15) is 32.8 Å². The number of carboxylic acids is 1. The Morgan fingerprint density at radius 2 is 1.63 bits per heavy atom. The van der Waals surface area contributed by atoms with Gasteiger partial charge in [0.05, 0.1) is 24.3 Å². The summed E-state index contributed by atoms with van der Waals surface area (Å²) in [5.74, 6) is -0.643. The SMILES string of the molecule is CC(C)(C)[Si](C)(C)OCCOc1ccc(C2=C(C(=O)O)[C@H]3CN(C(=O)O)C[C@@H](C2)N3C(=O)O)cc1. The molecule has 1 aromatic rings. The molecule has 2 heterocycles. The number of hydrogen-bond acceptors (Lipinski definition) is 5. The van der Waals surface area contributed by atoms with E-state index in [4.69, 9.17) is 9.16 Å². The van der Waals surface area contributed by atoms with Crippen molar-refractivity contribution >= 4 is 32.0 Å². The first-order valence-electron chi connectivity index (χ1n) is 11.6. The van der Waals surface area contributed by atoms with Crippen LogP contribution < -0.4 is 4.74 Å². The number of carbonyl (C=O) groups is 3. The van der Waals surface area contributed by atoms with Crippen LogP contribution in [0.4, 0.5) is 9.59 Å². The molecule has 3 N–H and O–H groups in total. The van der Waals surface area contributed by atoms with Crippen molar-refractivity contribution in [2.75, 3.05) is 26.3 Å². The number of hydrogen-bond donors (Lipinski definition) is 3. The van der Waals surface area contributed by atoms with Gasteiger partial charge in [-0.2, -0.15) is 0 Å². The average Bonchev–Trinajstić information content (AvgIpc) is 2.74. The van der Waals surface area contributed by atoms with Gasteiger partial charge in [-0.1, -0.05) is 32.9 Å². The Balaban J connectivity index is 1.78. The highest BCUT2D eigenvalue weighted by atomic mass is 28.4. The molecule has 0 unspecified atom stereocenters. The van der Waals surface area contributed by atoms with Crippen LogP contribution in [0.5, 0.6) is 5.75 Å². The first-order valence-corrected chi connectivity index (χ1v) is 14.5. The molecule has 2 atom stereocenters. The molecule has 1 aromatic carbocycles. The number of benzene rings is 1. The first-order chi connectivity index (χ1) is 16.2.